The van der Waals surface area contributed by atoms with Crippen LogP contribution in [0.5, 0.6) is 5.75 Å². The minimum absolute atomic E-state index is 0.169. The van der Waals surface area contributed by atoms with Crippen molar-refractivity contribution in [3.63, 3.8) is 0 Å². The van der Waals surface area contributed by atoms with E-state index in [0.717, 1.165) is 18.5 Å². The van der Waals surface area contributed by atoms with E-state index in [0.29, 0.717) is 15.7 Å². The molecule has 9 heteroatoms. The van der Waals surface area contributed by atoms with Gasteiger partial charge in [-0.3, -0.25) is 9.78 Å². The number of rotatable bonds is 5. The van der Waals surface area contributed by atoms with Crippen molar-refractivity contribution in [2.45, 2.75) is 0 Å². The van der Waals surface area contributed by atoms with Crippen molar-refractivity contribution in [1.29, 1.82) is 0 Å². The summed E-state index contributed by atoms with van der Waals surface area (Å²) in [7, 11) is 0. The van der Waals surface area contributed by atoms with Crippen LogP contribution in [0.25, 0.3) is 10.9 Å². The van der Waals surface area contributed by atoms with Crippen molar-refractivity contribution in [1.82, 2.24) is 10.4 Å². The second-order valence-corrected chi connectivity index (χ2v) is 9.00. The highest BCUT2D eigenvalue weighted by Crippen LogP contribution is 2.37. The zero-order chi connectivity index (χ0) is 17.8. The lowest BCUT2D eigenvalue weighted by molar-refractivity contribution is -0.123. The third-order valence-electron chi connectivity index (χ3n) is 3.07. The van der Waals surface area contributed by atoms with Crippen LogP contribution in [-0.2, 0) is 4.79 Å². The number of carbonyl (C=O) groups excluding carboxylic acids is 1. The molecule has 0 fully saturated rings. The van der Waals surface area contributed by atoms with Crippen molar-refractivity contribution >= 4 is 82.2 Å². The summed E-state index contributed by atoms with van der Waals surface area (Å²) < 4.78 is 8.26. The number of pyridine rings is 1. The van der Waals surface area contributed by atoms with Gasteiger partial charge in [0.25, 0.3) is 5.91 Å². The summed E-state index contributed by atoms with van der Waals surface area (Å²) in [4.78, 5) is 17.2. The SMILES string of the molecule is O=C(COc1c(Br)cc(Br)c2cccnc12)N/N=C/c1ccc(Br)s1. The number of ether oxygens (including phenoxy) is 1. The van der Waals surface area contributed by atoms with Gasteiger partial charge in [0.2, 0.25) is 0 Å². The van der Waals surface area contributed by atoms with Gasteiger partial charge in [0.1, 0.15) is 5.52 Å². The number of hydrogen-bond acceptors (Lipinski definition) is 5. The number of thiophene rings is 1. The number of carbonyl (C=O) groups is 1. The summed E-state index contributed by atoms with van der Waals surface area (Å²) in [5, 5.41) is 4.82. The monoisotopic (exact) mass is 545 g/mol. The smallest absolute Gasteiger partial charge is 0.277 e. The van der Waals surface area contributed by atoms with Gasteiger partial charge in [0.15, 0.2) is 12.4 Å². The Morgan fingerprint density at radius 1 is 1.28 bits per heavy atom. The normalized spacial score (nSPS) is 11.2. The number of hydrogen-bond donors (Lipinski definition) is 1. The average molecular weight is 548 g/mol. The Labute approximate surface area is 172 Å². The van der Waals surface area contributed by atoms with Gasteiger partial charge in [0.05, 0.1) is 14.5 Å². The second kappa shape index (κ2) is 8.39. The first-order valence-electron chi connectivity index (χ1n) is 6.97. The molecule has 1 aromatic carbocycles. The minimum atomic E-state index is -0.356. The lowest BCUT2D eigenvalue weighted by atomic mass is 10.2. The van der Waals surface area contributed by atoms with Gasteiger partial charge in [-0.1, -0.05) is 22.0 Å². The molecule has 0 unspecified atom stereocenters. The molecule has 3 aromatic rings. The number of benzene rings is 1. The van der Waals surface area contributed by atoms with Gasteiger partial charge in [-0.15, -0.1) is 11.3 Å². The fraction of sp³-hybridized carbons (Fsp3) is 0.0625. The van der Waals surface area contributed by atoms with Gasteiger partial charge in [-0.2, -0.15) is 5.10 Å². The first-order valence-corrected chi connectivity index (χ1v) is 10.2. The zero-order valence-electron chi connectivity index (χ0n) is 12.5. The molecule has 1 N–H and O–H groups in total. The third-order valence-corrected chi connectivity index (χ3v) is 5.88. The number of fused-ring (bicyclic) bond motifs is 1. The van der Waals surface area contributed by atoms with E-state index in [-0.39, 0.29) is 12.5 Å². The Kier molecular flexibility index (Phi) is 6.21. The first kappa shape index (κ1) is 18.5. The summed E-state index contributed by atoms with van der Waals surface area (Å²) in [6.07, 6.45) is 3.26. The highest BCUT2D eigenvalue weighted by atomic mass is 79.9. The molecule has 25 heavy (non-hydrogen) atoms. The Balaban J connectivity index is 1.66. The summed E-state index contributed by atoms with van der Waals surface area (Å²) in [6, 6.07) is 9.45. The largest absolute Gasteiger partial charge is 0.480 e. The molecule has 0 aliphatic heterocycles. The maximum Gasteiger partial charge on any atom is 0.277 e. The fourth-order valence-electron chi connectivity index (χ4n) is 2.02. The molecule has 0 atom stereocenters. The lowest BCUT2D eigenvalue weighted by Gasteiger charge is -2.11. The van der Waals surface area contributed by atoms with Crippen LogP contribution in [0.2, 0.25) is 0 Å². The average Bonchev–Trinajstić information content (AvgIpc) is 3.00. The van der Waals surface area contributed by atoms with Gasteiger partial charge < -0.3 is 4.74 Å². The number of aromatic nitrogens is 1. The van der Waals surface area contributed by atoms with Crippen molar-refractivity contribution in [3.8, 4) is 5.75 Å². The van der Waals surface area contributed by atoms with E-state index in [1.165, 1.54) is 11.3 Å². The molecule has 128 valence electrons. The van der Waals surface area contributed by atoms with Crippen LogP contribution >= 0.6 is 59.1 Å². The van der Waals surface area contributed by atoms with Gasteiger partial charge in [-0.05, 0) is 56.1 Å². The Morgan fingerprint density at radius 3 is 2.88 bits per heavy atom. The summed E-state index contributed by atoms with van der Waals surface area (Å²) in [5.74, 6) is 0.158. The predicted octanol–water partition coefficient (Wildman–Crippen LogP) is 5.11. The van der Waals surface area contributed by atoms with Crippen LogP contribution in [0, 0.1) is 0 Å². The van der Waals surface area contributed by atoms with Gasteiger partial charge in [0, 0.05) is 20.9 Å². The zero-order valence-corrected chi connectivity index (χ0v) is 18.1. The molecule has 0 radical (unpaired) electrons. The van der Waals surface area contributed by atoms with Gasteiger partial charge in [-0.25, -0.2) is 5.43 Å². The summed E-state index contributed by atoms with van der Waals surface area (Å²) in [6.45, 7) is -0.169. The van der Waals surface area contributed by atoms with Crippen molar-refractivity contribution < 1.29 is 9.53 Å². The minimum Gasteiger partial charge on any atom is -0.480 e. The number of nitrogens with one attached hydrogen (secondary N) is 1. The summed E-state index contributed by atoms with van der Waals surface area (Å²) in [5.41, 5.74) is 3.11. The molecule has 0 bridgehead atoms. The van der Waals surface area contributed by atoms with Crippen LogP contribution in [0.3, 0.4) is 0 Å². The molecular weight excluding hydrogens is 538 g/mol. The van der Waals surface area contributed by atoms with Crippen LogP contribution in [0.4, 0.5) is 0 Å². The van der Waals surface area contributed by atoms with Crippen LogP contribution in [0.15, 0.2) is 54.4 Å². The Bertz CT molecular complexity index is 959. The van der Waals surface area contributed by atoms with Gasteiger partial charge >= 0.3 is 0 Å². The van der Waals surface area contributed by atoms with E-state index in [4.69, 9.17) is 4.74 Å². The lowest BCUT2D eigenvalue weighted by Crippen LogP contribution is -2.24. The van der Waals surface area contributed by atoms with E-state index < -0.39 is 0 Å². The highest BCUT2D eigenvalue weighted by Gasteiger charge is 2.13. The number of nitrogens with zero attached hydrogens (tertiary/aromatic N) is 2. The molecule has 0 saturated carbocycles. The summed E-state index contributed by atoms with van der Waals surface area (Å²) >= 11 is 11.8. The van der Waals surface area contributed by atoms with E-state index in [1.54, 1.807) is 12.4 Å². The number of halogens is 3. The van der Waals surface area contributed by atoms with Crippen LogP contribution < -0.4 is 10.2 Å². The van der Waals surface area contributed by atoms with E-state index in [2.05, 4.69) is 63.3 Å². The van der Waals surface area contributed by atoms with Crippen molar-refractivity contribution in [2.24, 2.45) is 5.10 Å². The molecule has 0 saturated heterocycles. The third kappa shape index (κ3) is 4.66. The molecule has 2 aromatic heterocycles. The first-order chi connectivity index (χ1) is 12.0. The molecule has 0 spiro atoms. The number of hydrazone groups is 1. The van der Waals surface area contributed by atoms with E-state index in [1.807, 2.05) is 30.3 Å². The fourth-order valence-corrected chi connectivity index (χ4v) is 4.70. The Morgan fingerprint density at radius 2 is 2.12 bits per heavy atom. The molecule has 0 aliphatic carbocycles. The Hall–Kier alpha value is -1.29. The van der Waals surface area contributed by atoms with Crippen LogP contribution in [0.1, 0.15) is 4.88 Å². The second-order valence-electron chi connectivity index (χ2n) is 4.79. The van der Waals surface area contributed by atoms with Crippen LogP contribution in [-0.4, -0.2) is 23.7 Å². The standard InChI is InChI=1S/C16H10Br3N3O2S/c17-11-6-12(18)16(15-10(11)2-1-5-20-15)24-8-14(23)22-21-7-9-3-4-13(19)25-9/h1-7H,8H2,(H,22,23)/b21-7+. The van der Waals surface area contributed by atoms with Crippen molar-refractivity contribution in [3.05, 3.63) is 54.1 Å². The topological polar surface area (TPSA) is 63.6 Å². The molecule has 2 heterocycles. The van der Waals surface area contributed by atoms with E-state index >= 15 is 0 Å². The maximum absolute atomic E-state index is 11.9. The number of amides is 1. The molecule has 5 nitrogen and oxygen atoms in total. The van der Waals surface area contributed by atoms with Crippen molar-refractivity contribution in [2.75, 3.05) is 6.61 Å². The highest BCUT2D eigenvalue weighted by molar-refractivity contribution is 9.11. The molecule has 1 amide bonds. The molecule has 3 rings (SSSR count). The van der Waals surface area contributed by atoms with E-state index in [9.17, 15) is 4.79 Å². The maximum atomic E-state index is 11.9. The molecule has 0 aliphatic rings. The predicted molar refractivity (Wildman–Crippen MR) is 110 cm³/mol. The molecular formula is C16H10Br3N3O2S. The quantitative estimate of drug-likeness (QED) is 0.356.